The minimum atomic E-state index is -0.722. The second-order valence-corrected chi connectivity index (χ2v) is 10.5. The van der Waals surface area contributed by atoms with Crippen LogP contribution in [-0.4, -0.2) is 78.7 Å². The van der Waals surface area contributed by atoms with Crippen molar-refractivity contribution in [1.29, 1.82) is 0 Å². The summed E-state index contributed by atoms with van der Waals surface area (Å²) >= 11 is 7.31. The van der Waals surface area contributed by atoms with Crippen LogP contribution in [-0.2, 0) is 27.2 Å². The first-order chi connectivity index (χ1) is 15.4. The van der Waals surface area contributed by atoms with Crippen LogP contribution in [0.25, 0.3) is 0 Å². The molecular weight excluding hydrogens is 450 g/mol. The van der Waals surface area contributed by atoms with E-state index in [0.717, 1.165) is 25.9 Å². The smallest absolute Gasteiger partial charge is 0.328 e. The monoisotopic (exact) mass is 477 g/mol. The van der Waals surface area contributed by atoms with E-state index < -0.39 is 12.0 Å². The molecule has 0 bridgehead atoms. The standard InChI is InChI=1S/C23H28ClN3O4S/c1-26-9-7-14-3-4-16(11-15(14)8-10-26)22(29)27-13-17(12-18(27)23(30)31-2)25-21(28)19-5-6-20(24)32-19/h3-4,6,11,17-19H,5,7-10,12-13H2,1-2H3,(H,25,28)/t17-,18+,19?/m1/s1. The van der Waals surface area contributed by atoms with Gasteiger partial charge in [-0.1, -0.05) is 23.7 Å². The molecule has 1 unspecified atom stereocenters. The molecule has 7 nitrogen and oxygen atoms in total. The number of thioether (sulfide) groups is 1. The van der Waals surface area contributed by atoms with Crippen molar-refractivity contribution < 1.29 is 19.1 Å². The average molecular weight is 478 g/mol. The predicted molar refractivity (Wildman–Crippen MR) is 125 cm³/mol. The summed E-state index contributed by atoms with van der Waals surface area (Å²) in [6.07, 6.45) is 4.59. The number of likely N-dealkylation sites (N-methyl/N-ethyl adjacent to an activating group) is 1. The lowest BCUT2D eigenvalue weighted by molar-refractivity contribution is -0.145. The second kappa shape index (κ2) is 9.85. The van der Waals surface area contributed by atoms with Gasteiger partial charge in [0.15, 0.2) is 0 Å². The number of carbonyl (C=O) groups excluding carboxylic acids is 3. The zero-order valence-electron chi connectivity index (χ0n) is 18.3. The molecule has 3 aliphatic rings. The van der Waals surface area contributed by atoms with Crippen LogP contribution in [0, 0.1) is 0 Å². The summed E-state index contributed by atoms with van der Waals surface area (Å²) in [5.41, 5.74) is 3.02. The Kier molecular flexibility index (Phi) is 7.12. The first-order valence-electron chi connectivity index (χ1n) is 10.9. The van der Waals surface area contributed by atoms with Crippen LogP contribution >= 0.6 is 23.4 Å². The fourth-order valence-corrected chi connectivity index (χ4v) is 5.79. The quantitative estimate of drug-likeness (QED) is 0.670. The molecular formula is C23H28ClN3O4S. The normalized spacial score (nSPS) is 25.7. The number of halogens is 1. The number of ether oxygens (including phenoxy) is 1. The number of fused-ring (bicyclic) bond motifs is 1. The third-order valence-corrected chi connectivity index (χ3v) is 7.90. The van der Waals surface area contributed by atoms with Crippen molar-refractivity contribution >= 4 is 41.1 Å². The first kappa shape index (κ1) is 23.1. The molecule has 4 rings (SSSR count). The largest absolute Gasteiger partial charge is 0.467 e. The molecule has 0 aliphatic carbocycles. The van der Waals surface area contributed by atoms with Crippen LogP contribution in [0.4, 0.5) is 0 Å². The minimum absolute atomic E-state index is 0.126. The summed E-state index contributed by atoms with van der Waals surface area (Å²) in [6, 6.07) is 4.79. The lowest BCUT2D eigenvalue weighted by atomic mass is 9.99. The van der Waals surface area contributed by atoms with Crippen molar-refractivity contribution in [3.63, 3.8) is 0 Å². The average Bonchev–Trinajstić information content (AvgIpc) is 3.36. The van der Waals surface area contributed by atoms with Crippen LogP contribution in [0.5, 0.6) is 0 Å². The maximum atomic E-state index is 13.4. The third kappa shape index (κ3) is 4.97. The molecule has 1 fully saturated rings. The summed E-state index contributed by atoms with van der Waals surface area (Å²) < 4.78 is 5.58. The number of methoxy groups -OCH3 is 1. The highest BCUT2D eigenvalue weighted by Crippen LogP contribution is 2.35. The van der Waals surface area contributed by atoms with Gasteiger partial charge in [0.05, 0.1) is 16.7 Å². The molecule has 32 heavy (non-hydrogen) atoms. The maximum Gasteiger partial charge on any atom is 0.328 e. The molecule has 1 aromatic rings. The SMILES string of the molecule is COC(=O)[C@@H]1C[C@@H](NC(=O)C2CC=C(Cl)S2)CN1C(=O)c1ccc2c(c1)CCN(C)CC2. The maximum absolute atomic E-state index is 13.4. The Morgan fingerprint density at radius 3 is 2.62 bits per heavy atom. The van der Waals surface area contributed by atoms with Gasteiger partial charge in [-0.05, 0) is 49.6 Å². The molecule has 2 amide bonds. The Morgan fingerprint density at radius 1 is 1.19 bits per heavy atom. The molecule has 0 spiro atoms. The van der Waals surface area contributed by atoms with E-state index in [9.17, 15) is 14.4 Å². The Labute approximate surface area is 197 Å². The van der Waals surface area contributed by atoms with Gasteiger partial charge in [-0.3, -0.25) is 9.59 Å². The van der Waals surface area contributed by atoms with Gasteiger partial charge in [-0.15, -0.1) is 11.8 Å². The molecule has 9 heteroatoms. The summed E-state index contributed by atoms with van der Waals surface area (Å²) in [6.45, 7) is 2.21. The zero-order chi connectivity index (χ0) is 22.8. The summed E-state index contributed by atoms with van der Waals surface area (Å²) in [4.78, 5) is 42.3. The molecule has 0 saturated carbocycles. The Hall–Kier alpha value is -2.03. The number of nitrogens with one attached hydrogen (secondary N) is 1. The summed E-state index contributed by atoms with van der Waals surface area (Å²) in [5, 5.41) is 2.72. The van der Waals surface area contributed by atoms with Crippen LogP contribution < -0.4 is 5.32 Å². The number of benzene rings is 1. The van der Waals surface area contributed by atoms with Gasteiger partial charge in [-0.25, -0.2) is 4.79 Å². The van der Waals surface area contributed by atoms with E-state index in [1.807, 2.05) is 24.3 Å². The van der Waals surface area contributed by atoms with E-state index in [-0.39, 0.29) is 29.7 Å². The molecule has 1 aromatic carbocycles. The number of rotatable bonds is 4. The fraction of sp³-hybridized carbons (Fsp3) is 0.522. The number of hydrogen-bond acceptors (Lipinski definition) is 6. The number of amides is 2. The Bertz CT molecular complexity index is 953. The third-order valence-electron chi connectivity index (χ3n) is 6.40. The van der Waals surface area contributed by atoms with Crippen LogP contribution in [0.1, 0.15) is 34.3 Å². The minimum Gasteiger partial charge on any atom is -0.467 e. The molecule has 0 radical (unpaired) electrons. The highest BCUT2D eigenvalue weighted by atomic mass is 35.5. The van der Waals surface area contributed by atoms with Crippen molar-refractivity contribution in [2.75, 3.05) is 33.8 Å². The van der Waals surface area contributed by atoms with E-state index in [2.05, 4.69) is 17.3 Å². The number of nitrogens with zero attached hydrogens (tertiary/aromatic N) is 2. The highest BCUT2D eigenvalue weighted by molar-refractivity contribution is 8.06. The molecule has 3 atom stereocenters. The first-order valence-corrected chi connectivity index (χ1v) is 12.1. The summed E-state index contributed by atoms with van der Waals surface area (Å²) in [7, 11) is 3.42. The molecule has 3 heterocycles. The van der Waals surface area contributed by atoms with E-state index in [4.69, 9.17) is 16.3 Å². The number of esters is 1. The van der Waals surface area contributed by atoms with E-state index in [0.29, 0.717) is 22.8 Å². The van der Waals surface area contributed by atoms with Gasteiger partial charge in [0.1, 0.15) is 6.04 Å². The van der Waals surface area contributed by atoms with Crippen LogP contribution in [0.3, 0.4) is 0 Å². The lowest BCUT2D eigenvalue weighted by Crippen LogP contribution is -2.43. The highest BCUT2D eigenvalue weighted by Gasteiger charge is 2.42. The van der Waals surface area contributed by atoms with E-state index >= 15 is 0 Å². The molecule has 3 aliphatic heterocycles. The summed E-state index contributed by atoms with van der Waals surface area (Å²) in [5.74, 6) is -0.803. The number of hydrogen-bond donors (Lipinski definition) is 1. The van der Waals surface area contributed by atoms with Crippen molar-refractivity contribution in [2.24, 2.45) is 0 Å². The van der Waals surface area contributed by atoms with Crippen molar-refractivity contribution in [3.05, 3.63) is 45.3 Å². The van der Waals surface area contributed by atoms with E-state index in [1.165, 1.54) is 34.9 Å². The lowest BCUT2D eigenvalue weighted by Gasteiger charge is -2.23. The molecule has 0 aromatic heterocycles. The topological polar surface area (TPSA) is 79.0 Å². The van der Waals surface area contributed by atoms with Crippen LogP contribution in [0.2, 0.25) is 0 Å². The van der Waals surface area contributed by atoms with Gasteiger partial charge in [0.25, 0.3) is 5.91 Å². The number of carbonyl (C=O) groups is 3. The second-order valence-electron chi connectivity index (χ2n) is 8.57. The Balaban J connectivity index is 1.48. The molecule has 1 saturated heterocycles. The van der Waals surface area contributed by atoms with Gasteiger partial charge >= 0.3 is 5.97 Å². The van der Waals surface area contributed by atoms with Gasteiger partial charge in [0, 0.05) is 37.7 Å². The van der Waals surface area contributed by atoms with Crippen molar-refractivity contribution in [1.82, 2.24) is 15.1 Å². The van der Waals surface area contributed by atoms with Gasteiger partial charge in [-0.2, -0.15) is 0 Å². The van der Waals surface area contributed by atoms with Crippen molar-refractivity contribution in [3.8, 4) is 0 Å². The predicted octanol–water partition coefficient (Wildman–Crippen LogP) is 2.18. The Morgan fingerprint density at radius 2 is 1.94 bits per heavy atom. The van der Waals surface area contributed by atoms with Gasteiger partial charge in [0.2, 0.25) is 5.91 Å². The molecule has 172 valence electrons. The number of allylic oxidation sites excluding steroid dienone is 1. The molecule has 1 N–H and O–H groups in total. The van der Waals surface area contributed by atoms with E-state index in [1.54, 1.807) is 0 Å². The van der Waals surface area contributed by atoms with Crippen LogP contribution in [0.15, 0.2) is 28.6 Å². The fourth-order valence-electron chi connectivity index (χ4n) is 4.55. The zero-order valence-corrected chi connectivity index (χ0v) is 19.9. The number of likely N-dealkylation sites (tertiary alicyclic amines) is 1. The van der Waals surface area contributed by atoms with Crippen molar-refractivity contribution in [2.45, 2.75) is 43.0 Å². The van der Waals surface area contributed by atoms with Gasteiger partial charge < -0.3 is 19.9 Å².